The van der Waals surface area contributed by atoms with Crippen molar-refractivity contribution in [2.24, 2.45) is 5.73 Å². The Morgan fingerprint density at radius 1 is 1.33 bits per heavy atom. The van der Waals surface area contributed by atoms with Crippen molar-refractivity contribution in [1.29, 1.82) is 0 Å². The number of nitrogens with one attached hydrogen (secondary N) is 1. The number of nitrogens with two attached hydrogens (primary N) is 1. The van der Waals surface area contributed by atoms with E-state index >= 15 is 0 Å². The van der Waals surface area contributed by atoms with Crippen molar-refractivity contribution in [3.05, 3.63) is 34.3 Å². The van der Waals surface area contributed by atoms with E-state index in [1.807, 2.05) is 31.2 Å². The van der Waals surface area contributed by atoms with Gasteiger partial charge >= 0.3 is 5.97 Å². The number of carbonyl (C=O) groups is 2. The number of esters is 1. The largest absolute Gasteiger partial charge is 0.469 e. The lowest BCUT2D eigenvalue weighted by molar-refractivity contribution is -0.141. The number of hydrogen-bond donors (Lipinski definition) is 2. The van der Waals surface area contributed by atoms with Crippen LogP contribution in [0.5, 0.6) is 0 Å². The van der Waals surface area contributed by atoms with E-state index in [1.54, 1.807) is 0 Å². The second-order valence-electron chi connectivity index (χ2n) is 4.79. The van der Waals surface area contributed by atoms with Gasteiger partial charge in [-0.05, 0) is 24.1 Å². The first kappa shape index (κ1) is 17.7. The van der Waals surface area contributed by atoms with E-state index in [0.29, 0.717) is 6.42 Å². The van der Waals surface area contributed by atoms with Gasteiger partial charge in [0.1, 0.15) is 0 Å². The topological polar surface area (TPSA) is 81.4 Å². The first-order valence-corrected chi connectivity index (χ1v) is 7.65. The zero-order chi connectivity index (χ0) is 15.8. The normalized spacial score (nSPS) is 13.3. The summed E-state index contributed by atoms with van der Waals surface area (Å²) in [6, 6.07) is 6.41. The molecule has 0 aliphatic carbocycles. The standard InChI is InChI=1S/C15H21BrN2O3/c1-3-4-12(17)15(20)18-13(9-14(19)21-2)10-5-7-11(16)8-6-10/h5-8,12-13H,3-4,9,17H2,1-2H3,(H,18,20). The van der Waals surface area contributed by atoms with Crippen LogP contribution in [0, 0.1) is 0 Å². The SMILES string of the molecule is CCCC(N)C(=O)NC(CC(=O)OC)c1ccc(Br)cc1. The Bertz CT molecular complexity index is 476. The lowest BCUT2D eigenvalue weighted by Crippen LogP contribution is -2.42. The molecule has 0 aliphatic heterocycles. The number of amides is 1. The summed E-state index contributed by atoms with van der Waals surface area (Å²) in [5, 5.41) is 2.82. The average molecular weight is 357 g/mol. The highest BCUT2D eigenvalue weighted by molar-refractivity contribution is 9.10. The maximum absolute atomic E-state index is 12.1. The fourth-order valence-electron chi connectivity index (χ4n) is 1.92. The molecule has 2 unspecified atom stereocenters. The van der Waals surface area contributed by atoms with E-state index in [0.717, 1.165) is 16.5 Å². The van der Waals surface area contributed by atoms with E-state index in [9.17, 15) is 9.59 Å². The van der Waals surface area contributed by atoms with Gasteiger partial charge in [-0.15, -0.1) is 0 Å². The molecule has 2 atom stereocenters. The summed E-state index contributed by atoms with van der Waals surface area (Å²) in [6.07, 6.45) is 1.51. The maximum Gasteiger partial charge on any atom is 0.307 e. The Hall–Kier alpha value is -1.40. The van der Waals surface area contributed by atoms with Gasteiger partial charge < -0.3 is 15.8 Å². The van der Waals surface area contributed by atoms with Crippen molar-refractivity contribution in [3.63, 3.8) is 0 Å². The van der Waals surface area contributed by atoms with Gasteiger partial charge in [0.15, 0.2) is 0 Å². The number of rotatable bonds is 7. The molecule has 116 valence electrons. The van der Waals surface area contributed by atoms with E-state index in [1.165, 1.54) is 7.11 Å². The zero-order valence-electron chi connectivity index (χ0n) is 12.3. The van der Waals surface area contributed by atoms with Gasteiger partial charge in [-0.25, -0.2) is 0 Å². The van der Waals surface area contributed by atoms with Crippen molar-refractivity contribution < 1.29 is 14.3 Å². The van der Waals surface area contributed by atoms with Crippen LogP contribution < -0.4 is 11.1 Å². The molecule has 0 saturated carbocycles. The molecule has 0 spiro atoms. The number of hydrogen-bond acceptors (Lipinski definition) is 4. The molecule has 0 bridgehead atoms. The van der Waals surface area contributed by atoms with Crippen LogP contribution in [0.4, 0.5) is 0 Å². The molecule has 1 amide bonds. The van der Waals surface area contributed by atoms with Crippen LogP contribution >= 0.6 is 15.9 Å². The van der Waals surface area contributed by atoms with Gasteiger partial charge in [-0.3, -0.25) is 9.59 Å². The number of halogens is 1. The number of carbonyl (C=O) groups excluding carboxylic acids is 2. The molecule has 6 heteroatoms. The smallest absolute Gasteiger partial charge is 0.307 e. The molecule has 0 radical (unpaired) electrons. The molecular formula is C15H21BrN2O3. The van der Waals surface area contributed by atoms with Crippen LogP contribution in [0.2, 0.25) is 0 Å². The van der Waals surface area contributed by atoms with E-state index in [4.69, 9.17) is 5.73 Å². The highest BCUT2D eigenvalue weighted by Gasteiger charge is 2.21. The highest BCUT2D eigenvalue weighted by Crippen LogP contribution is 2.20. The molecule has 21 heavy (non-hydrogen) atoms. The fourth-order valence-corrected chi connectivity index (χ4v) is 2.18. The van der Waals surface area contributed by atoms with Crippen LogP contribution in [0.15, 0.2) is 28.7 Å². The molecule has 1 aromatic rings. The Morgan fingerprint density at radius 2 is 1.95 bits per heavy atom. The first-order valence-electron chi connectivity index (χ1n) is 6.86. The lowest BCUT2D eigenvalue weighted by atomic mass is 10.0. The monoisotopic (exact) mass is 356 g/mol. The summed E-state index contributed by atoms with van der Waals surface area (Å²) in [4.78, 5) is 23.6. The average Bonchev–Trinajstić information content (AvgIpc) is 2.47. The summed E-state index contributed by atoms with van der Waals surface area (Å²) < 4.78 is 5.61. The van der Waals surface area contributed by atoms with Crippen LogP contribution in [-0.2, 0) is 14.3 Å². The summed E-state index contributed by atoms with van der Waals surface area (Å²) in [5.74, 6) is -0.638. The summed E-state index contributed by atoms with van der Waals surface area (Å²) in [6.45, 7) is 1.97. The molecule has 1 rings (SSSR count). The minimum Gasteiger partial charge on any atom is -0.469 e. The van der Waals surface area contributed by atoms with Gasteiger partial charge in [-0.1, -0.05) is 41.4 Å². The van der Waals surface area contributed by atoms with Crippen molar-refractivity contribution in [2.45, 2.75) is 38.3 Å². The third-order valence-corrected chi connectivity index (χ3v) is 3.65. The van der Waals surface area contributed by atoms with Gasteiger partial charge in [0, 0.05) is 4.47 Å². The molecule has 0 aliphatic rings. The summed E-state index contributed by atoms with van der Waals surface area (Å²) >= 11 is 3.35. The van der Waals surface area contributed by atoms with Crippen molar-refractivity contribution >= 4 is 27.8 Å². The predicted octanol–water partition coefficient (Wildman–Crippen LogP) is 2.30. The second-order valence-corrected chi connectivity index (χ2v) is 5.70. The molecule has 0 heterocycles. The minimum absolute atomic E-state index is 0.0721. The summed E-state index contributed by atoms with van der Waals surface area (Å²) in [7, 11) is 1.33. The number of benzene rings is 1. The first-order chi connectivity index (χ1) is 9.97. The molecule has 1 aromatic carbocycles. The van der Waals surface area contributed by atoms with Gasteiger partial charge in [0.25, 0.3) is 0 Å². The van der Waals surface area contributed by atoms with E-state index in [-0.39, 0.29) is 18.3 Å². The molecular weight excluding hydrogens is 336 g/mol. The van der Waals surface area contributed by atoms with Gasteiger partial charge in [-0.2, -0.15) is 0 Å². The molecule has 0 saturated heterocycles. The van der Waals surface area contributed by atoms with Crippen molar-refractivity contribution in [1.82, 2.24) is 5.32 Å². The van der Waals surface area contributed by atoms with Crippen molar-refractivity contribution in [2.75, 3.05) is 7.11 Å². The minimum atomic E-state index is -0.564. The Morgan fingerprint density at radius 3 is 2.48 bits per heavy atom. The lowest BCUT2D eigenvalue weighted by Gasteiger charge is -2.20. The van der Waals surface area contributed by atoms with Crippen LogP contribution in [-0.4, -0.2) is 25.0 Å². The molecule has 5 nitrogen and oxygen atoms in total. The fraction of sp³-hybridized carbons (Fsp3) is 0.467. The summed E-state index contributed by atoms with van der Waals surface area (Å²) in [5.41, 5.74) is 6.64. The van der Waals surface area contributed by atoms with E-state index < -0.39 is 12.1 Å². The van der Waals surface area contributed by atoms with Crippen molar-refractivity contribution in [3.8, 4) is 0 Å². The number of ether oxygens (including phenoxy) is 1. The second kappa shape index (κ2) is 8.79. The zero-order valence-corrected chi connectivity index (χ0v) is 13.9. The quantitative estimate of drug-likeness (QED) is 0.734. The van der Waals surface area contributed by atoms with Gasteiger partial charge in [0.05, 0.1) is 25.6 Å². The van der Waals surface area contributed by atoms with Gasteiger partial charge in [0.2, 0.25) is 5.91 Å². The third-order valence-electron chi connectivity index (χ3n) is 3.12. The third kappa shape index (κ3) is 5.85. The Labute approximate surface area is 133 Å². The van der Waals surface area contributed by atoms with Crippen LogP contribution in [0.3, 0.4) is 0 Å². The highest BCUT2D eigenvalue weighted by atomic mass is 79.9. The van der Waals surface area contributed by atoms with Crippen LogP contribution in [0.25, 0.3) is 0 Å². The molecule has 3 N–H and O–H groups in total. The molecule has 0 aromatic heterocycles. The molecule has 0 fully saturated rings. The Kier molecular flexibility index (Phi) is 7.39. The van der Waals surface area contributed by atoms with E-state index in [2.05, 4.69) is 26.0 Å². The predicted molar refractivity (Wildman–Crippen MR) is 84.5 cm³/mol. The van der Waals surface area contributed by atoms with Crippen LogP contribution in [0.1, 0.15) is 37.8 Å². The number of methoxy groups -OCH3 is 1. The Balaban J connectivity index is 2.84. The maximum atomic E-state index is 12.1.